The number of benzene rings is 1. The molecule has 2 N–H and O–H groups in total. The summed E-state index contributed by atoms with van der Waals surface area (Å²) in [5.41, 5.74) is 8.83. The zero-order valence-corrected chi connectivity index (χ0v) is 11.7. The van der Waals surface area contributed by atoms with Crippen LogP contribution in [0, 0.1) is 25.6 Å². The minimum Gasteiger partial charge on any atom is -0.321 e. The molecule has 0 amide bonds. The molecule has 1 saturated carbocycles. The fourth-order valence-electron chi connectivity index (χ4n) is 3.55. The summed E-state index contributed by atoms with van der Waals surface area (Å²) in [6.45, 7) is 6.11. The monoisotopic (exact) mass is 249 g/mol. The summed E-state index contributed by atoms with van der Waals surface area (Å²) in [6.07, 6.45) is 5.32. The number of aryl methyl sites for hydroxylation is 2. The van der Waals surface area contributed by atoms with Crippen LogP contribution in [0.2, 0.25) is 0 Å². The molecular formula is C16H24FN. The Kier molecular flexibility index (Phi) is 3.76. The lowest BCUT2D eigenvalue weighted by atomic mass is 9.70. The van der Waals surface area contributed by atoms with E-state index in [-0.39, 0.29) is 5.82 Å². The third-order valence-electron chi connectivity index (χ3n) is 4.40. The molecule has 2 unspecified atom stereocenters. The lowest BCUT2D eigenvalue weighted by molar-refractivity contribution is 0.215. The second kappa shape index (κ2) is 5.00. The van der Waals surface area contributed by atoms with E-state index in [2.05, 4.69) is 6.92 Å². The Labute approximate surface area is 110 Å². The van der Waals surface area contributed by atoms with E-state index in [1.54, 1.807) is 6.07 Å². The zero-order valence-electron chi connectivity index (χ0n) is 11.7. The highest BCUT2D eigenvalue weighted by Crippen LogP contribution is 2.41. The molecule has 1 fully saturated rings. The molecule has 0 aliphatic heterocycles. The molecule has 0 bridgehead atoms. The third kappa shape index (κ3) is 2.44. The van der Waals surface area contributed by atoms with Gasteiger partial charge in [0, 0.05) is 11.1 Å². The van der Waals surface area contributed by atoms with Crippen molar-refractivity contribution >= 4 is 0 Å². The zero-order chi connectivity index (χ0) is 13.3. The Bertz CT molecular complexity index is 418. The minimum absolute atomic E-state index is 0.119. The topological polar surface area (TPSA) is 26.0 Å². The lowest BCUT2D eigenvalue weighted by Crippen LogP contribution is -2.42. The van der Waals surface area contributed by atoms with Gasteiger partial charge >= 0.3 is 0 Å². The largest absolute Gasteiger partial charge is 0.321 e. The van der Waals surface area contributed by atoms with Crippen LogP contribution in [-0.2, 0) is 5.54 Å². The number of nitrogens with two attached hydrogens (primary N) is 1. The first-order valence-corrected chi connectivity index (χ1v) is 7.02. The van der Waals surface area contributed by atoms with Crippen molar-refractivity contribution in [2.45, 2.75) is 58.4 Å². The normalized spacial score (nSPS) is 28.4. The number of rotatable bonds is 2. The van der Waals surface area contributed by atoms with Crippen molar-refractivity contribution in [3.63, 3.8) is 0 Å². The van der Waals surface area contributed by atoms with E-state index in [1.165, 1.54) is 6.42 Å². The summed E-state index contributed by atoms with van der Waals surface area (Å²) in [5, 5.41) is 0. The average molecular weight is 249 g/mol. The molecule has 1 aliphatic carbocycles. The molecule has 0 aromatic heterocycles. The van der Waals surface area contributed by atoms with Gasteiger partial charge in [0.25, 0.3) is 0 Å². The Balaban J connectivity index is 2.40. The van der Waals surface area contributed by atoms with E-state index < -0.39 is 5.54 Å². The number of hydrogen-bond donors (Lipinski definition) is 1. The molecule has 100 valence electrons. The Hall–Kier alpha value is -0.890. The summed E-state index contributed by atoms with van der Waals surface area (Å²) < 4.78 is 14.3. The van der Waals surface area contributed by atoms with E-state index in [4.69, 9.17) is 5.73 Å². The van der Waals surface area contributed by atoms with Gasteiger partial charge in [0.1, 0.15) is 5.82 Å². The van der Waals surface area contributed by atoms with E-state index in [1.807, 2.05) is 19.9 Å². The van der Waals surface area contributed by atoms with Gasteiger partial charge in [-0.3, -0.25) is 0 Å². The highest BCUT2D eigenvalue weighted by atomic mass is 19.1. The van der Waals surface area contributed by atoms with Crippen molar-refractivity contribution in [3.8, 4) is 0 Å². The van der Waals surface area contributed by atoms with Crippen LogP contribution in [-0.4, -0.2) is 0 Å². The summed E-state index contributed by atoms with van der Waals surface area (Å²) in [5.74, 6) is 0.524. The molecule has 1 aromatic carbocycles. The van der Waals surface area contributed by atoms with Crippen LogP contribution < -0.4 is 5.73 Å². The Morgan fingerprint density at radius 3 is 2.72 bits per heavy atom. The summed E-state index contributed by atoms with van der Waals surface area (Å²) in [6, 6.07) is 3.66. The first-order chi connectivity index (χ1) is 8.46. The van der Waals surface area contributed by atoms with E-state index in [9.17, 15) is 4.39 Å². The van der Waals surface area contributed by atoms with Crippen molar-refractivity contribution in [2.75, 3.05) is 0 Å². The van der Waals surface area contributed by atoms with Crippen LogP contribution in [0.1, 0.15) is 55.7 Å². The molecule has 0 spiro atoms. The molecule has 1 nitrogen and oxygen atoms in total. The maximum atomic E-state index is 14.3. The molecule has 2 heteroatoms. The molecule has 1 aromatic rings. The van der Waals surface area contributed by atoms with Gasteiger partial charge in [-0.15, -0.1) is 0 Å². The predicted octanol–water partition coefficient (Wildman–Crippen LogP) is 4.20. The Morgan fingerprint density at radius 2 is 2.11 bits per heavy atom. The van der Waals surface area contributed by atoms with E-state index in [0.717, 1.165) is 42.4 Å². The van der Waals surface area contributed by atoms with Gasteiger partial charge in [-0.2, -0.15) is 0 Å². The maximum Gasteiger partial charge on any atom is 0.128 e. The fraction of sp³-hybridized carbons (Fsp3) is 0.625. The van der Waals surface area contributed by atoms with Crippen molar-refractivity contribution in [1.82, 2.24) is 0 Å². The van der Waals surface area contributed by atoms with E-state index >= 15 is 0 Å². The molecule has 18 heavy (non-hydrogen) atoms. The number of halogens is 1. The maximum absolute atomic E-state index is 14.3. The molecular weight excluding hydrogens is 225 g/mol. The number of hydrogen-bond acceptors (Lipinski definition) is 1. The lowest BCUT2D eigenvalue weighted by Gasteiger charge is -2.39. The van der Waals surface area contributed by atoms with Crippen molar-refractivity contribution < 1.29 is 4.39 Å². The van der Waals surface area contributed by atoms with Crippen LogP contribution in [0.15, 0.2) is 12.1 Å². The van der Waals surface area contributed by atoms with Crippen LogP contribution in [0.25, 0.3) is 0 Å². The first-order valence-electron chi connectivity index (χ1n) is 7.02. The molecule has 2 rings (SSSR count). The second-order valence-electron chi connectivity index (χ2n) is 5.97. The van der Waals surface area contributed by atoms with Gasteiger partial charge in [-0.05, 0) is 49.8 Å². The van der Waals surface area contributed by atoms with Crippen molar-refractivity contribution in [3.05, 3.63) is 34.6 Å². The van der Waals surface area contributed by atoms with Crippen LogP contribution in [0.5, 0.6) is 0 Å². The van der Waals surface area contributed by atoms with Gasteiger partial charge in [-0.25, -0.2) is 4.39 Å². The summed E-state index contributed by atoms with van der Waals surface area (Å²) in [7, 11) is 0. The summed E-state index contributed by atoms with van der Waals surface area (Å²) in [4.78, 5) is 0. The summed E-state index contributed by atoms with van der Waals surface area (Å²) >= 11 is 0. The van der Waals surface area contributed by atoms with Crippen LogP contribution in [0.3, 0.4) is 0 Å². The SMILES string of the molecule is CCC1CCCC(N)(c2c(C)cc(C)cc2F)C1. The third-order valence-corrected chi connectivity index (χ3v) is 4.40. The fourth-order valence-corrected chi connectivity index (χ4v) is 3.55. The van der Waals surface area contributed by atoms with Gasteiger partial charge in [-0.1, -0.05) is 32.3 Å². The Morgan fingerprint density at radius 1 is 1.39 bits per heavy atom. The molecule has 0 saturated heterocycles. The quantitative estimate of drug-likeness (QED) is 0.835. The molecule has 0 radical (unpaired) electrons. The van der Waals surface area contributed by atoms with Gasteiger partial charge in [0.05, 0.1) is 0 Å². The minimum atomic E-state index is -0.458. The molecule has 0 heterocycles. The van der Waals surface area contributed by atoms with Crippen molar-refractivity contribution in [1.29, 1.82) is 0 Å². The predicted molar refractivity (Wildman–Crippen MR) is 74.0 cm³/mol. The smallest absolute Gasteiger partial charge is 0.128 e. The average Bonchev–Trinajstić information content (AvgIpc) is 2.27. The van der Waals surface area contributed by atoms with Crippen molar-refractivity contribution in [2.24, 2.45) is 11.7 Å². The van der Waals surface area contributed by atoms with Crippen LogP contribution >= 0.6 is 0 Å². The van der Waals surface area contributed by atoms with Gasteiger partial charge in [0.2, 0.25) is 0 Å². The van der Waals surface area contributed by atoms with Gasteiger partial charge in [0.15, 0.2) is 0 Å². The highest BCUT2D eigenvalue weighted by Gasteiger charge is 2.36. The van der Waals surface area contributed by atoms with Gasteiger partial charge < -0.3 is 5.73 Å². The van der Waals surface area contributed by atoms with Crippen LogP contribution in [0.4, 0.5) is 4.39 Å². The highest BCUT2D eigenvalue weighted by molar-refractivity contribution is 5.37. The standard InChI is InChI=1S/C16H24FN/c1-4-13-6-5-7-16(18,10-13)15-12(3)8-11(2)9-14(15)17/h8-9,13H,4-7,10,18H2,1-3H3. The molecule has 1 aliphatic rings. The second-order valence-corrected chi connectivity index (χ2v) is 5.97. The first kappa shape index (κ1) is 13.5. The molecule has 2 atom stereocenters. The van der Waals surface area contributed by atoms with E-state index in [0.29, 0.717) is 5.92 Å².